The number of nitrogens with zero attached hydrogens (tertiary/aromatic N) is 1. The van der Waals surface area contributed by atoms with E-state index in [9.17, 15) is 19.8 Å². The van der Waals surface area contributed by atoms with Gasteiger partial charge in [-0.2, -0.15) is 0 Å². The number of amides is 1. The Morgan fingerprint density at radius 2 is 1.59 bits per heavy atom. The van der Waals surface area contributed by atoms with E-state index in [2.05, 4.69) is 0 Å². The van der Waals surface area contributed by atoms with Gasteiger partial charge in [0.2, 0.25) is 0 Å². The number of carboxylic acids is 1. The first-order chi connectivity index (χ1) is 18.8. The molecule has 0 saturated heterocycles. The molecule has 0 bridgehead atoms. The number of benzene rings is 3. The van der Waals surface area contributed by atoms with Crippen molar-refractivity contribution in [1.29, 1.82) is 0 Å². The molecule has 1 amide bonds. The molecule has 0 aromatic heterocycles. The third kappa shape index (κ3) is 5.62. The normalized spacial score (nSPS) is 12.7. The van der Waals surface area contributed by atoms with E-state index in [1.807, 2.05) is 54.6 Å². The summed E-state index contributed by atoms with van der Waals surface area (Å²) in [6.07, 6.45) is -0.0332. The van der Waals surface area contributed by atoms with E-state index >= 15 is 0 Å². The summed E-state index contributed by atoms with van der Waals surface area (Å²) < 4.78 is 6.26. The predicted molar refractivity (Wildman–Crippen MR) is 149 cm³/mol. The minimum atomic E-state index is -1.33. The molecule has 6 nitrogen and oxygen atoms in total. The maximum Gasteiger partial charge on any atom is 0.326 e. The summed E-state index contributed by atoms with van der Waals surface area (Å²) in [7, 11) is 0. The van der Waals surface area contributed by atoms with E-state index in [1.54, 1.807) is 18.2 Å². The van der Waals surface area contributed by atoms with Crippen molar-refractivity contribution >= 4 is 35.1 Å². The van der Waals surface area contributed by atoms with E-state index in [4.69, 9.17) is 27.6 Å². The lowest BCUT2D eigenvalue weighted by Gasteiger charge is -2.36. The van der Waals surface area contributed by atoms with Crippen LogP contribution in [0.3, 0.4) is 0 Å². The molecule has 0 radical (unpaired) electrons. The smallest absolute Gasteiger partial charge is 0.326 e. The standard InChI is InChI=1S/C31H23Cl2NO5/c32-22-12-15-24(25(33)18-22)30(36)34(26(31(37)38)17-19-9-13-23(35)14-10-19)29(21-5-2-1-3-6-21)28-16-11-20-7-4-8-27(20)39-28/h1-16,18,26,29,35H,17H2,(H,37,38)/t26-,29?/m0/s1. The lowest BCUT2D eigenvalue weighted by atomic mass is 9.95. The van der Waals surface area contributed by atoms with Crippen LogP contribution in [0.1, 0.15) is 33.3 Å². The SMILES string of the molecule is O=C(O)[C@H](Cc1ccc(O)cc1)N(C(=O)c1ccc(Cl)cc1Cl)C(c1ccccc1)c1ccc2cccc-2o1. The van der Waals surface area contributed by atoms with Gasteiger partial charge in [-0.1, -0.05) is 77.8 Å². The van der Waals surface area contributed by atoms with Gasteiger partial charge >= 0.3 is 5.97 Å². The van der Waals surface area contributed by atoms with Crippen LogP contribution in [0, 0.1) is 0 Å². The van der Waals surface area contributed by atoms with Gasteiger partial charge in [-0.05, 0) is 59.7 Å². The molecule has 39 heavy (non-hydrogen) atoms. The first kappa shape index (κ1) is 26.4. The average Bonchev–Trinajstić information content (AvgIpc) is 3.40. The maximum absolute atomic E-state index is 14.3. The van der Waals surface area contributed by atoms with Crippen LogP contribution in [0.4, 0.5) is 0 Å². The van der Waals surface area contributed by atoms with Crippen LogP contribution in [0.15, 0.2) is 108 Å². The number of carbonyl (C=O) groups excluding carboxylic acids is 1. The van der Waals surface area contributed by atoms with E-state index in [1.165, 1.54) is 35.2 Å². The minimum absolute atomic E-state index is 0.0332. The van der Waals surface area contributed by atoms with Crippen molar-refractivity contribution in [1.82, 2.24) is 4.90 Å². The Bertz CT molecular complexity index is 1580. The summed E-state index contributed by atoms with van der Waals surface area (Å²) in [5, 5.41) is 20.7. The predicted octanol–water partition coefficient (Wildman–Crippen LogP) is 7.32. The van der Waals surface area contributed by atoms with Crippen LogP contribution in [0.25, 0.3) is 11.3 Å². The highest BCUT2D eigenvalue weighted by atomic mass is 35.5. The second-order valence-corrected chi connectivity index (χ2v) is 9.90. The highest BCUT2D eigenvalue weighted by molar-refractivity contribution is 6.36. The monoisotopic (exact) mass is 559 g/mol. The Morgan fingerprint density at radius 1 is 0.846 bits per heavy atom. The zero-order valence-corrected chi connectivity index (χ0v) is 22.0. The van der Waals surface area contributed by atoms with Crippen molar-refractivity contribution in [3.05, 3.63) is 136 Å². The summed E-state index contributed by atoms with van der Waals surface area (Å²) in [5.74, 6) is -0.771. The maximum atomic E-state index is 14.3. The zero-order valence-electron chi connectivity index (χ0n) is 20.5. The van der Waals surface area contributed by atoms with Crippen LogP contribution >= 0.6 is 23.2 Å². The summed E-state index contributed by atoms with van der Waals surface area (Å²) in [4.78, 5) is 28.5. The van der Waals surface area contributed by atoms with Crippen molar-refractivity contribution in [3.8, 4) is 17.1 Å². The Balaban J connectivity index is 1.72. The third-order valence-corrected chi connectivity index (χ3v) is 7.06. The minimum Gasteiger partial charge on any atom is -0.508 e. The van der Waals surface area contributed by atoms with Crippen LogP contribution in [0.2, 0.25) is 10.0 Å². The van der Waals surface area contributed by atoms with Crippen LogP contribution in [-0.4, -0.2) is 33.0 Å². The van der Waals surface area contributed by atoms with Gasteiger partial charge in [-0.15, -0.1) is 0 Å². The quantitative estimate of drug-likeness (QED) is 0.208. The molecule has 5 rings (SSSR count). The van der Waals surface area contributed by atoms with Gasteiger partial charge in [-0.3, -0.25) is 4.79 Å². The van der Waals surface area contributed by atoms with Gasteiger partial charge in [0.15, 0.2) is 0 Å². The highest BCUT2D eigenvalue weighted by Crippen LogP contribution is 2.37. The van der Waals surface area contributed by atoms with Crippen LogP contribution in [0.5, 0.6) is 5.75 Å². The molecule has 1 unspecified atom stereocenters. The molecule has 3 aromatic rings. The van der Waals surface area contributed by atoms with E-state index in [0.717, 1.165) is 5.56 Å². The Hall–Kier alpha value is -4.26. The molecule has 0 spiro atoms. The van der Waals surface area contributed by atoms with Gasteiger partial charge in [0.25, 0.3) is 5.91 Å². The molecule has 2 atom stereocenters. The summed E-state index contributed by atoms with van der Waals surface area (Å²) >= 11 is 12.6. The molecule has 0 saturated carbocycles. The molecule has 1 heterocycles. The number of halogens is 2. The molecule has 196 valence electrons. The number of aliphatic carboxylic acids is 1. The molecular formula is C31H23Cl2NO5. The number of aromatic hydroxyl groups is 1. The van der Waals surface area contributed by atoms with Crippen molar-refractivity contribution in [2.75, 3.05) is 0 Å². The highest BCUT2D eigenvalue weighted by Gasteiger charge is 2.39. The zero-order chi connectivity index (χ0) is 27.5. The molecule has 1 aliphatic heterocycles. The van der Waals surface area contributed by atoms with E-state index in [0.29, 0.717) is 27.7 Å². The van der Waals surface area contributed by atoms with Crippen LogP contribution < -0.4 is 0 Å². The number of phenols is 1. The van der Waals surface area contributed by atoms with Gasteiger partial charge in [0, 0.05) is 17.0 Å². The number of hydrogen-bond donors (Lipinski definition) is 2. The Morgan fingerprint density at radius 3 is 2.28 bits per heavy atom. The van der Waals surface area contributed by atoms with E-state index in [-0.39, 0.29) is 22.8 Å². The fraction of sp³-hybridized carbons (Fsp3) is 0.0968. The van der Waals surface area contributed by atoms with Gasteiger partial charge < -0.3 is 19.5 Å². The molecule has 3 aromatic carbocycles. The van der Waals surface area contributed by atoms with Crippen molar-refractivity contribution in [3.63, 3.8) is 0 Å². The van der Waals surface area contributed by atoms with Gasteiger partial charge in [0.05, 0.1) is 10.6 Å². The number of rotatable bonds is 8. The van der Waals surface area contributed by atoms with Gasteiger partial charge in [0.1, 0.15) is 29.4 Å². The molecular weight excluding hydrogens is 537 g/mol. The third-order valence-electron chi connectivity index (χ3n) is 6.51. The van der Waals surface area contributed by atoms with Crippen molar-refractivity contribution in [2.45, 2.75) is 18.5 Å². The first-order valence-corrected chi connectivity index (χ1v) is 12.9. The fourth-order valence-electron chi connectivity index (χ4n) is 4.63. The van der Waals surface area contributed by atoms with Gasteiger partial charge in [-0.25, -0.2) is 4.79 Å². The molecule has 2 aliphatic rings. The Labute approximate surface area is 235 Å². The average molecular weight is 560 g/mol. The topological polar surface area (TPSA) is 91.0 Å². The largest absolute Gasteiger partial charge is 0.508 e. The number of carbonyl (C=O) groups is 2. The summed E-state index contributed by atoms with van der Waals surface area (Å²) in [6.45, 7) is 0. The van der Waals surface area contributed by atoms with Crippen LogP contribution in [-0.2, 0) is 11.2 Å². The van der Waals surface area contributed by atoms with E-state index < -0.39 is 24.0 Å². The van der Waals surface area contributed by atoms with Crippen molar-refractivity contribution in [2.24, 2.45) is 0 Å². The number of carboxylic acid groups (broad SMARTS) is 1. The lowest BCUT2D eigenvalue weighted by molar-refractivity contribution is -0.143. The Kier molecular flexibility index (Phi) is 7.59. The second kappa shape index (κ2) is 11.2. The summed E-state index contributed by atoms with van der Waals surface area (Å²) in [5.41, 5.74) is 2.26. The molecule has 1 aliphatic carbocycles. The lowest BCUT2D eigenvalue weighted by Crippen LogP contribution is -2.48. The number of hydrogen-bond acceptors (Lipinski definition) is 4. The summed E-state index contributed by atoms with van der Waals surface area (Å²) in [6, 6.07) is 26.7. The number of phenolic OH excluding ortho intramolecular Hbond substituents is 1. The van der Waals surface area contributed by atoms with Crippen molar-refractivity contribution < 1.29 is 24.2 Å². The number of fused-ring (bicyclic) bond motifs is 1. The fourth-order valence-corrected chi connectivity index (χ4v) is 5.12. The molecule has 2 N–H and O–H groups in total. The second-order valence-electron chi connectivity index (χ2n) is 9.06. The molecule has 0 fully saturated rings. The molecule has 8 heteroatoms. The first-order valence-electron chi connectivity index (χ1n) is 12.1.